The maximum atomic E-state index is 11.0. The number of hydrogen-bond acceptors (Lipinski definition) is 4. The molecule has 0 bridgehead atoms. The van der Waals surface area contributed by atoms with E-state index in [0.717, 1.165) is 17.0 Å². The van der Waals surface area contributed by atoms with Crippen molar-refractivity contribution in [3.05, 3.63) is 50.0 Å². The molecule has 0 spiro atoms. The molecular formula is C11H9ClN4OS2. The minimum absolute atomic E-state index is 0.226. The molecule has 0 amide bonds. The number of hydrazone groups is 1. The van der Waals surface area contributed by atoms with Crippen molar-refractivity contribution in [2.45, 2.75) is 0 Å². The quantitative estimate of drug-likeness (QED) is 0.462. The summed E-state index contributed by atoms with van der Waals surface area (Å²) < 4.78 is 0. The maximum absolute atomic E-state index is 11.0. The molecule has 1 heterocycles. The van der Waals surface area contributed by atoms with Crippen LogP contribution >= 0.6 is 35.2 Å². The number of halogens is 1. The number of nitrogens with one attached hydrogen (secondary N) is 3. The lowest BCUT2D eigenvalue weighted by atomic mass is 10.3. The second-order valence-electron chi connectivity index (χ2n) is 3.38. The molecule has 0 radical (unpaired) electrons. The van der Waals surface area contributed by atoms with Gasteiger partial charge in [0.2, 0.25) is 0 Å². The minimum atomic E-state index is -0.226. The van der Waals surface area contributed by atoms with Crippen LogP contribution in [-0.2, 0) is 0 Å². The summed E-state index contributed by atoms with van der Waals surface area (Å²) in [5.74, 6) is 0. The van der Waals surface area contributed by atoms with Gasteiger partial charge in [0.25, 0.3) is 0 Å². The van der Waals surface area contributed by atoms with Crippen LogP contribution in [0.2, 0.25) is 5.15 Å². The summed E-state index contributed by atoms with van der Waals surface area (Å²) in [6, 6.07) is 9.46. The lowest BCUT2D eigenvalue weighted by molar-refractivity contribution is 1.05. The largest absolute Gasteiger partial charge is 0.331 e. The molecule has 0 fully saturated rings. The van der Waals surface area contributed by atoms with E-state index in [1.54, 1.807) is 0 Å². The van der Waals surface area contributed by atoms with Gasteiger partial charge in [-0.2, -0.15) is 5.10 Å². The Hall–Kier alpha value is -1.70. The number of aromatic amines is 1. The molecule has 5 nitrogen and oxygen atoms in total. The second-order valence-corrected chi connectivity index (χ2v) is 5.18. The van der Waals surface area contributed by atoms with Crippen LogP contribution in [0.1, 0.15) is 4.88 Å². The Bertz CT molecular complexity index is 650. The standard InChI is InChI=1S/C11H9ClN4OS2/c12-9-8(19-11(17)15-9)6-13-16-10(18)14-7-4-2-1-3-5-7/h1-6H,(H,15,17)(H2,14,16,18)/b13-6-. The van der Waals surface area contributed by atoms with Crippen molar-refractivity contribution in [3.63, 3.8) is 0 Å². The number of rotatable bonds is 3. The number of para-hydroxylation sites is 1. The Labute approximate surface area is 123 Å². The van der Waals surface area contributed by atoms with Crippen molar-refractivity contribution in [2.24, 2.45) is 5.10 Å². The first-order chi connectivity index (χ1) is 9.15. The highest BCUT2D eigenvalue weighted by molar-refractivity contribution is 7.80. The van der Waals surface area contributed by atoms with E-state index in [1.165, 1.54) is 6.21 Å². The van der Waals surface area contributed by atoms with Gasteiger partial charge >= 0.3 is 4.87 Å². The molecule has 19 heavy (non-hydrogen) atoms. The van der Waals surface area contributed by atoms with Gasteiger partial charge in [-0.15, -0.1) is 0 Å². The van der Waals surface area contributed by atoms with E-state index >= 15 is 0 Å². The first-order valence-electron chi connectivity index (χ1n) is 5.19. The van der Waals surface area contributed by atoms with Gasteiger partial charge in [-0.1, -0.05) is 41.1 Å². The highest BCUT2D eigenvalue weighted by atomic mass is 35.5. The Morgan fingerprint density at radius 1 is 1.42 bits per heavy atom. The number of H-pyrrole nitrogens is 1. The fourth-order valence-electron chi connectivity index (χ4n) is 1.23. The average Bonchev–Trinajstić information content (AvgIpc) is 2.69. The molecule has 2 aromatic rings. The van der Waals surface area contributed by atoms with Gasteiger partial charge in [0.05, 0.1) is 11.1 Å². The SMILES string of the molecule is O=c1[nH]c(Cl)c(/C=N\NC(=S)Nc2ccccc2)s1. The molecule has 0 saturated heterocycles. The van der Waals surface area contributed by atoms with E-state index < -0.39 is 0 Å². The molecule has 98 valence electrons. The van der Waals surface area contributed by atoms with Crippen LogP contribution in [0.5, 0.6) is 0 Å². The highest BCUT2D eigenvalue weighted by Gasteiger charge is 2.02. The normalized spacial score (nSPS) is 10.6. The van der Waals surface area contributed by atoms with Gasteiger partial charge in [-0.25, -0.2) is 0 Å². The van der Waals surface area contributed by atoms with Gasteiger partial charge in [0.15, 0.2) is 5.11 Å². The van der Waals surface area contributed by atoms with Crippen molar-refractivity contribution in [1.29, 1.82) is 0 Å². The molecule has 0 aliphatic heterocycles. The fraction of sp³-hybridized carbons (Fsp3) is 0. The van der Waals surface area contributed by atoms with Crippen LogP contribution < -0.4 is 15.6 Å². The van der Waals surface area contributed by atoms with E-state index in [9.17, 15) is 4.79 Å². The third-order valence-electron chi connectivity index (χ3n) is 2.01. The maximum Gasteiger partial charge on any atom is 0.306 e. The number of anilines is 1. The van der Waals surface area contributed by atoms with Crippen molar-refractivity contribution in [3.8, 4) is 0 Å². The third kappa shape index (κ3) is 4.16. The minimum Gasteiger partial charge on any atom is -0.331 e. The first-order valence-corrected chi connectivity index (χ1v) is 6.79. The van der Waals surface area contributed by atoms with E-state index in [0.29, 0.717) is 9.99 Å². The molecule has 2 rings (SSSR count). The Balaban J connectivity index is 1.90. The monoisotopic (exact) mass is 312 g/mol. The first kappa shape index (κ1) is 13.7. The van der Waals surface area contributed by atoms with E-state index in [4.69, 9.17) is 23.8 Å². The summed E-state index contributed by atoms with van der Waals surface area (Å²) in [7, 11) is 0. The van der Waals surface area contributed by atoms with Gasteiger partial charge in [-0.05, 0) is 24.4 Å². The second kappa shape index (κ2) is 6.46. The zero-order chi connectivity index (χ0) is 13.7. The Morgan fingerprint density at radius 2 is 2.16 bits per heavy atom. The third-order valence-corrected chi connectivity index (χ3v) is 3.43. The highest BCUT2D eigenvalue weighted by Crippen LogP contribution is 2.11. The molecule has 3 N–H and O–H groups in total. The molecule has 0 aliphatic carbocycles. The van der Waals surface area contributed by atoms with Gasteiger partial charge < -0.3 is 10.3 Å². The summed E-state index contributed by atoms with van der Waals surface area (Å²) in [6.07, 6.45) is 1.43. The number of thiocarbonyl (C=S) groups is 1. The average molecular weight is 313 g/mol. The predicted molar refractivity (Wildman–Crippen MR) is 83.3 cm³/mol. The lowest BCUT2D eigenvalue weighted by Crippen LogP contribution is -2.23. The van der Waals surface area contributed by atoms with E-state index in [-0.39, 0.29) is 10.0 Å². The van der Waals surface area contributed by atoms with Crippen LogP contribution in [-0.4, -0.2) is 16.3 Å². The predicted octanol–water partition coefficient (Wildman–Crippen LogP) is 2.41. The molecule has 8 heteroatoms. The van der Waals surface area contributed by atoms with Crippen LogP contribution in [0.4, 0.5) is 5.69 Å². The van der Waals surface area contributed by atoms with Crippen LogP contribution in [0.25, 0.3) is 0 Å². The fourth-order valence-corrected chi connectivity index (χ4v) is 2.31. The number of thiazole rings is 1. The van der Waals surface area contributed by atoms with Crippen LogP contribution in [0.3, 0.4) is 0 Å². The van der Waals surface area contributed by atoms with Crippen molar-refractivity contribution in [1.82, 2.24) is 10.4 Å². The van der Waals surface area contributed by atoms with Crippen molar-refractivity contribution >= 4 is 52.2 Å². The molecule has 1 aromatic carbocycles. The summed E-state index contributed by atoms with van der Waals surface area (Å²) in [6.45, 7) is 0. The molecule has 0 atom stereocenters. The molecular weight excluding hydrogens is 304 g/mol. The Kier molecular flexibility index (Phi) is 4.67. The van der Waals surface area contributed by atoms with E-state index in [2.05, 4.69) is 20.8 Å². The van der Waals surface area contributed by atoms with Crippen molar-refractivity contribution < 1.29 is 0 Å². The zero-order valence-corrected chi connectivity index (χ0v) is 11.9. The number of hydrogen-bond donors (Lipinski definition) is 3. The summed E-state index contributed by atoms with van der Waals surface area (Å²) in [5, 5.41) is 7.47. The molecule has 0 aliphatic rings. The summed E-state index contributed by atoms with van der Waals surface area (Å²) >= 11 is 11.8. The van der Waals surface area contributed by atoms with Gasteiger partial charge in [-0.3, -0.25) is 10.2 Å². The van der Waals surface area contributed by atoms with Gasteiger partial charge in [0.1, 0.15) is 5.15 Å². The summed E-state index contributed by atoms with van der Waals surface area (Å²) in [5.41, 5.74) is 3.50. The van der Waals surface area contributed by atoms with Crippen molar-refractivity contribution in [2.75, 3.05) is 5.32 Å². The molecule has 0 unspecified atom stereocenters. The lowest BCUT2D eigenvalue weighted by Gasteiger charge is -2.05. The van der Waals surface area contributed by atoms with Gasteiger partial charge in [0, 0.05) is 5.69 Å². The molecule has 1 aromatic heterocycles. The van der Waals surface area contributed by atoms with E-state index in [1.807, 2.05) is 30.3 Å². The van der Waals surface area contributed by atoms with Crippen LogP contribution in [0.15, 0.2) is 40.2 Å². The topological polar surface area (TPSA) is 69.3 Å². The number of nitrogens with zero attached hydrogens (tertiary/aromatic N) is 1. The number of aromatic nitrogens is 1. The Morgan fingerprint density at radius 3 is 2.79 bits per heavy atom. The summed E-state index contributed by atoms with van der Waals surface area (Å²) in [4.78, 5) is 13.8. The molecule has 0 saturated carbocycles. The zero-order valence-electron chi connectivity index (χ0n) is 9.51. The smallest absolute Gasteiger partial charge is 0.306 e. The van der Waals surface area contributed by atoms with Crippen LogP contribution in [0, 0.1) is 0 Å². The number of benzene rings is 1.